The number of nitriles is 1. The molecule has 0 bridgehead atoms. The van der Waals surface area contributed by atoms with Crippen molar-refractivity contribution in [1.29, 1.82) is 5.26 Å². The van der Waals surface area contributed by atoms with Gasteiger partial charge in [-0.15, -0.1) is 0 Å². The highest BCUT2D eigenvalue weighted by molar-refractivity contribution is 5.97. The summed E-state index contributed by atoms with van der Waals surface area (Å²) >= 11 is 0. The van der Waals surface area contributed by atoms with E-state index in [1.165, 1.54) is 19.3 Å². The highest BCUT2D eigenvalue weighted by Gasteiger charge is 2.23. The van der Waals surface area contributed by atoms with Crippen LogP contribution in [0.25, 0.3) is 0 Å². The van der Waals surface area contributed by atoms with Crippen LogP contribution in [0.1, 0.15) is 51.5 Å². The Morgan fingerprint density at radius 1 is 1.24 bits per heavy atom. The van der Waals surface area contributed by atoms with E-state index in [9.17, 15) is 10.1 Å². The average molecular weight is 339 g/mol. The summed E-state index contributed by atoms with van der Waals surface area (Å²) in [6, 6.07) is 12.5. The van der Waals surface area contributed by atoms with Gasteiger partial charge in [0.05, 0.1) is 0 Å². The Hall–Kier alpha value is -2.28. The van der Waals surface area contributed by atoms with Gasteiger partial charge >= 0.3 is 0 Å². The second-order valence-electron chi connectivity index (χ2n) is 7.12. The van der Waals surface area contributed by atoms with Gasteiger partial charge in [-0.2, -0.15) is 5.26 Å². The number of carbonyl (C=O) groups is 1. The van der Waals surface area contributed by atoms with Crippen LogP contribution in [0.15, 0.2) is 42.1 Å². The molecule has 0 heterocycles. The average Bonchev–Trinajstić information content (AvgIpc) is 2.64. The molecular formula is C21H29N3O. The quantitative estimate of drug-likeness (QED) is 0.579. The van der Waals surface area contributed by atoms with Crippen LogP contribution >= 0.6 is 0 Å². The Morgan fingerprint density at radius 3 is 2.44 bits per heavy atom. The number of nitrogens with zero attached hydrogens (tertiary/aromatic N) is 3. The van der Waals surface area contributed by atoms with E-state index in [1.807, 2.05) is 51.2 Å². The molecule has 1 saturated carbocycles. The van der Waals surface area contributed by atoms with Gasteiger partial charge in [0.1, 0.15) is 11.6 Å². The summed E-state index contributed by atoms with van der Waals surface area (Å²) in [5, 5.41) is 9.55. The topological polar surface area (TPSA) is 47.3 Å². The van der Waals surface area contributed by atoms with Gasteiger partial charge in [0.15, 0.2) is 0 Å². The standard InChI is InChI=1S/C21H29N3O/c1-17(2)24(15-18-10-6-4-7-11-18)21(25)19(14-22)16-23(3)20-12-8-5-9-13-20/h4,6-7,10-11,16-17,20H,5,8-9,12-13,15H2,1-3H3/b19-16-. The first-order chi connectivity index (χ1) is 12.0. The Balaban J connectivity index is 2.14. The van der Waals surface area contributed by atoms with E-state index in [2.05, 4.69) is 11.0 Å². The summed E-state index contributed by atoms with van der Waals surface area (Å²) in [5.74, 6) is -0.191. The predicted octanol–water partition coefficient (Wildman–Crippen LogP) is 4.10. The van der Waals surface area contributed by atoms with E-state index >= 15 is 0 Å². The Kier molecular flexibility index (Phi) is 7.06. The molecule has 4 nitrogen and oxygen atoms in total. The molecule has 1 aliphatic carbocycles. The van der Waals surface area contributed by atoms with E-state index in [4.69, 9.17) is 0 Å². The Bertz CT molecular complexity index is 624. The predicted molar refractivity (Wildman–Crippen MR) is 100 cm³/mol. The van der Waals surface area contributed by atoms with E-state index in [0.29, 0.717) is 12.6 Å². The molecule has 0 unspecified atom stereocenters. The van der Waals surface area contributed by atoms with Crippen LogP contribution in [0.2, 0.25) is 0 Å². The molecule has 1 fully saturated rings. The normalized spacial score (nSPS) is 15.7. The second-order valence-corrected chi connectivity index (χ2v) is 7.12. The van der Waals surface area contributed by atoms with Crippen LogP contribution in [0.5, 0.6) is 0 Å². The minimum atomic E-state index is -0.191. The zero-order valence-corrected chi connectivity index (χ0v) is 15.6. The highest BCUT2D eigenvalue weighted by Crippen LogP contribution is 2.22. The molecule has 0 saturated heterocycles. The molecular weight excluding hydrogens is 310 g/mol. The van der Waals surface area contributed by atoms with Gasteiger partial charge < -0.3 is 9.80 Å². The summed E-state index contributed by atoms with van der Waals surface area (Å²) in [6.07, 6.45) is 7.76. The number of amides is 1. The highest BCUT2D eigenvalue weighted by atomic mass is 16.2. The van der Waals surface area contributed by atoms with Crippen LogP contribution in [0.3, 0.4) is 0 Å². The largest absolute Gasteiger partial charge is 0.376 e. The van der Waals surface area contributed by atoms with E-state index in [0.717, 1.165) is 18.4 Å². The number of hydrogen-bond acceptors (Lipinski definition) is 3. The summed E-state index contributed by atoms with van der Waals surface area (Å²) < 4.78 is 0. The molecule has 1 aliphatic rings. The third kappa shape index (κ3) is 5.35. The van der Waals surface area contributed by atoms with Crippen LogP contribution in [-0.2, 0) is 11.3 Å². The van der Waals surface area contributed by atoms with E-state index in [1.54, 1.807) is 11.1 Å². The van der Waals surface area contributed by atoms with Gasteiger partial charge in [0.2, 0.25) is 0 Å². The van der Waals surface area contributed by atoms with Crippen molar-refractivity contribution in [2.75, 3.05) is 7.05 Å². The van der Waals surface area contributed by atoms with Crippen LogP contribution in [-0.4, -0.2) is 34.8 Å². The van der Waals surface area contributed by atoms with Gasteiger partial charge in [-0.25, -0.2) is 0 Å². The molecule has 25 heavy (non-hydrogen) atoms. The van der Waals surface area contributed by atoms with Crippen molar-refractivity contribution in [3.63, 3.8) is 0 Å². The fourth-order valence-electron chi connectivity index (χ4n) is 3.35. The maximum absolute atomic E-state index is 12.9. The monoisotopic (exact) mass is 339 g/mol. The Labute approximate surface area is 151 Å². The number of hydrogen-bond donors (Lipinski definition) is 0. The van der Waals surface area contributed by atoms with Crippen molar-refractivity contribution >= 4 is 5.91 Å². The fourth-order valence-corrected chi connectivity index (χ4v) is 3.35. The Morgan fingerprint density at radius 2 is 1.88 bits per heavy atom. The third-order valence-corrected chi connectivity index (χ3v) is 4.91. The first kappa shape index (κ1) is 19.1. The molecule has 1 aromatic rings. The molecule has 1 aromatic carbocycles. The molecule has 4 heteroatoms. The summed E-state index contributed by atoms with van der Waals surface area (Å²) in [6.45, 7) is 4.49. The van der Waals surface area contributed by atoms with Crippen molar-refractivity contribution in [2.24, 2.45) is 0 Å². The van der Waals surface area contributed by atoms with Crippen LogP contribution in [0.4, 0.5) is 0 Å². The molecule has 0 radical (unpaired) electrons. The van der Waals surface area contributed by atoms with Crippen molar-refractivity contribution < 1.29 is 4.79 Å². The lowest BCUT2D eigenvalue weighted by atomic mass is 9.94. The first-order valence-corrected chi connectivity index (χ1v) is 9.21. The minimum Gasteiger partial charge on any atom is -0.376 e. The number of benzene rings is 1. The van der Waals surface area contributed by atoms with Gasteiger partial charge in [-0.1, -0.05) is 49.6 Å². The van der Waals surface area contributed by atoms with E-state index in [-0.39, 0.29) is 17.5 Å². The number of rotatable bonds is 6. The maximum atomic E-state index is 12.9. The molecule has 0 spiro atoms. The maximum Gasteiger partial charge on any atom is 0.266 e. The van der Waals surface area contributed by atoms with Crippen molar-refractivity contribution in [2.45, 2.75) is 64.6 Å². The van der Waals surface area contributed by atoms with Gasteiger partial charge in [0.25, 0.3) is 5.91 Å². The lowest BCUT2D eigenvalue weighted by molar-refractivity contribution is -0.129. The van der Waals surface area contributed by atoms with Gasteiger partial charge in [0, 0.05) is 31.9 Å². The lowest BCUT2D eigenvalue weighted by Gasteiger charge is -2.31. The van der Waals surface area contributed by atoms with Crippen molar-refractivity contribution in [3.8, 4) is 6.07 Å². The molecule has 134 valence electrons. The SMILES string of the molecule is CC(C)N(Cc1ccccc1)C(=O)/C(C#N)=C\N(C)C1CCCCC1. The zero-order chi connectivity index (χ0) is 18.2. The number of carbonyl (C=O) groups excluding carboxylic acids is 1. The molecule has 1 amide bonds. The smallest absolute Gasteiger partial charge is 0.266 e. The van der Waals surface area contributed by atoms with Crippen molar-refractivity contribution in [3.05, 3.63) is 47.7 Å². The van der Waals surface area contributed by atoms with E-state index < -0.39 is 0 Å². The van der Waals surface area contributed by atoms with Crippen LogP contribution < -0.4 is 0 Å². The van der Waals surface area contributed by atoms with Crippen molar-refractivity contribution in [1.82, 2.24) is 9.80 Å². The molecule has 0 aliphatic heterocycles. The summed E-state index contributed by atoms with van der Waals surface area (Å²) in [7, 11) is 1.98. The fraction of sp³-hybridized carbons (Fsp3) is 0.524. The first-order valence-electron chi connectivity index (χ1n) is 9.21. The zero-order valence-electron chi connectivity index (χ0n) is 15.6. The molecule has 0 aromatic heterocycles. The van der Waals surface area contributed by atoms with Gasteiger partial charge in [-0.3, -0.25) is 4.79 Å². The molecule has 0 N–H and O–H groups in total. The van der Waals surface area contributed by atoms with Gasteiger partial charge in [-0.05, 0) is 32.3 Å². The minimum absolute atomic E-state index is 0.0319. The summed E-state index contributed by atoms with van der Waals surface area (Å²) in [5.41, 5.74) is 1.29. The molecule has 0 atom stereocenters. The second kappa shape index (κ2) is 9.27. The van der Waals surface area contributed by atoms with Crippen LogP contribution in [0, 0.1) is 11.3 Å². The third-order valence-electron chi connectivity index (χ3n) is 4.91. The molecule has 2 rings (SSSR count). The summed E-state index contributed by atoms with van der Waals surface area (Å²) in [4.78, 5) is 16.8. The lowest BCUT2D eigenvalue weighted by Crippen LogP contribution is -2.38.